The number of carbonyl (C=O) groups is 3. The molecule has 3 aromatic carbocycles. The molecule has 0 spiro atoms. The average molecular weight is 705 g/mol. The van der Waals surface area contributed by atoms with Crippen LogP contribution in [0.5, 0.6) is 0 Å². The van der Waals surface area contributed by atoms with Crippen LogP contribution in [-0.2, 0) is 16.1 Å². The predicted molar refractivity (Wildman–Crippen MR) is 196 cm³/mol. The van der Waals surface area contributed by atoms with Crippen LogP contribution in [0.2, 0.25) is 0 Å². The van der Waals surface area contributed by atoms with Gasteiger partial charge in [0.1, 0.15) is 11.9 Å². The SMILES string of the molecule is CC(C)c1c(C(=O)Nc2ccccc2)c(-c2ccccc2)c(-c2ccc(F)cc2)n1CC[C@@H](O)C[C@@H](O)CC(=O)O.NCCCC[C@@H](N)C(=O)O. The summed E-state index contributed by atoms with van der Waals surface area (Å²) in [7, 11) is 0. The first-order valence-corrected chi connectivity index (χ1v) is 17.0. The van der Waals surface area contributed by atoms with Crippen molar-refractivity contribution in [3.05, 3.63) is 102 Å². The molecule has 3 atom stereocenters. The van der Waals surface area contributed by atoms with E-state index in [1.54, 1.807) is 12.1 Å². The van der Waals surface area contributed by atoms with Crippen LogP contribution < -0.4 is 16.8 Å². The molecule has 0 aliphatic heterocycles. The summed E-state index contributed by atoms with van der Waals surface area (Å²) in [5.41, 5.74) is 15.2. The molecule has 1 aromatic heterocycles. The number of aliphatic carboxylic acids is 2. The molecule has 9 N–H and O–H groups in total. The Morgan fingerprint density at radius 3 is 1.98 bits per heavy atom. The lowest BCUT2D eigenvalue weighted by atomic mass is 9.94. The summed E-state index contributed by atoms with van der Waals surface area (Å²) < 4.78 is 16.0. The highest BCUT2D eigenvalue weighted by Gasteiger charge is 2.31. The third kappa shape index (κ3) is 12.1. The smallest absolute Gasteiger partial charge is 0.320 e. The van der Waals surface area contributed by atoms with Gasteiger partial charge in [-0.25, -0.2) is 4.39 Å². The molecule has 274 valence electrons. The minimum atomic E-state index is -1.18. The molecule has 0 saturated carbocycles. The molecule has 11 nitrogen and oxygen atoms in total. The van der Waals surface area contributed by atoms with Crippen molar-refractivity contribution < 1.29 is 39.2 Å². The van der Waals surface area contributed by atoms with E-state index in [-0.39, 0.29) is 37.0 Å². The summed E-state index contributed by atoms with van der Waals surface area (Å²) in [4.78, 5) is 35.2. The molecule has 0 saturated heterocycles. The Balaban J connectivity index is 0.000000612. The van der Waals surface area contributed by atoms with Gasteiger partial charge in [-0.15, -0.1) is 0 Å². The number of aliphatic hydroxyl groups excluding tert-OH is 2. The van der Waals surface area contributed by atoms with Crippen LogP contribution in [0.3, 0.4) is 0 Å². The zero-order valence-corrected chi connectivity index (χ0v) is 29.0. The van der Waals surface area contributed by atoms with Crippen molar-refractivity contribution in [1.82, 2.24) is 4.57 Å². The van der Waals surface area contributed by atoms with Gasteiger partial charge >= 0.3 is 11.9 Å². The largest absolute Gasteiger partial charge is 0.481 e. The number of anilines is 1. The first-order valence-electron chi connectivity index (χ1n) is 17.0. The lowest BCUT2D eigenvalue weighted by Crippen LogP contribution is -2.29. The summed E-state index contributed by atoms with van der Waals surface area (Å²) in [6.07, 6.45) is -0.343. The van der Waals surface area contributed by atoms with Gasteiger partial charge in [0.15, 0.2) is 0 Å². The lowest BCUT2D eigenvalue weighted by Gasteiger charge is -2.20. The molecule has 12 heteroatoms. The van der Waals surface area contributed by atoms with Gasteiger partial charge in [-0.2, -0.15) is 0 Å². The fourth-order valence-corrected chi connectivity index (χ4v) is 5.84. The Morgan fingerprint density at radius 1 is 0.824 bits per heavy atom. The van der Waals surface area contributed by atoms with Gasteiger partial charge in [0, 0.05) is 23.5 Å². The van der Waals surface area contributed by atoms with Crippen LogP contribution in [0.4, 0.5) is 10.1 Å². The highest BCUT2D eigenvalue weighted by Crippen LogP contribution is 2.42. The van der Waals surface area contributed by atoms with E-state index in [0.717, 1.165) is 24.1 Å². The first-order chi connectivity index (χ1) is 24.3. The van der Waals surface area contributed by atoms with Gasteiger partial charge in [0.2, 0.25) is 0 Å². The van der Waals surface area contributed by atoms with Crippen molar-refractivity contribution in [2.45, 2.75) is 83.1 Å². The monoisotopic (exact) mass is 704 g/mol. The Hall–Kier alpha value is -4.88. The molecule has 0 fully saturated rings. The number of hydrogen-bond acceptors (Lipinski definition) is 7. The summed E-state index contributed by atoms with van der Waals surface area (Å²) in [5.74, 6) is -2.87. The minimum absolute atomic E-state index is 0.0939. The highest BCUT2D eigenvalue weighted by molar-refractivity contribution is 6.12. The van der Waals surface area contributed by atoms with Gasteiger partial charge in [-0.3, -0.25) is 14.4 Å². The number of nitrogens with two attached hydrogens (primary N) is 2. The summed E-state index contributed by atoms with van der Waals surface area (Å²) in [6, 6.07) is 24.1. The normalized spacial score (nSPS) is 12.8. The quantitative estimate of drug-likeness (QED) is 0.0660. The second-order valence-electron chi connectivity index (χ2n) is 12.6. The molecule has 0 bridgehead atoms. The van der Waals surface area contributed by atoms with Crippen molar-refractivity contribution >= 4 is 23.5 Å². The summed E-state index contributed by atoms with van der Waals surface area (Å²) in [5, 5.41) is 41.1. The maximum Gasteiger partial charge on any atom is 0.320 e. The van der Waals surface area contributed by atoms with Crippen molar-refractivity contribution in [3.8, 4) is 22.4 Å². The van der Waals surface area contributed by atoms with E-state index in [9.17, 15) is 29.0 Å². The van der Waals surface area contributed by atoms with Crippen molar-refractivity contribution in [1.29, 1.82) is 0 Å². The van der Waals surface area contributed by atoms with Crippen LogP contribution in [0.15, 0.2) is 84.9 Å². The van der Waals surface area contributed by atoms with Crippen molar-refractivity contribution in [3.63, 3.8) is 0 Å². The molecule has 4 aromatic rings. The van der Waals surface area contributed by atoms with E-state index in [0.29, 0.717) is 41.0 Å². The fourth-order valence-electron chi connectivity index (χ4n) is 5.84. The van der Waals surface area contributed by atoms with E-state index in [1.807, 2.05) is 79.1 Å². The first kappa shape index (κ1) is 40.5. The van der Waals surface area contributed by atoms with Crippen LogP contribution in [0, 0.1) is 5.82 Å². The second-order valence-corrected chi connectivity index (χ2v) is 12.6. The number of nitrogens with zero attached hydrogens (tertiary/aromatic N) is 1. The number of para-hydroxylation sites is 1. The molecule has 0 radical (unpaired) electrons. The van der Waals surface area contributed by atoms with Gasteiger partial charge in [-0.05, 0) is 85.7 Å². The standard InChI is InChI=1S/C33H35FN2O5.C6H14N2O2/c1-21(2)31-30(33(41)35-25-11-7-4-8-12-25)29(22-9-5-3-6-10-22)32(23-13-15-24(34)16-14-23)36(31)18-17-26(37)19-27(38)20-28(39)40;7-4-2-1-3-5(8)6(9)10/h3-16,21,26-27,37-38H,17-20H2,1-2H3,(H,35,41)(H,39,40);5H,1-4,7-8H2,(H,9,10)/t26-,27-;5-/m11/s1. The molecule has 0 aliphatic rings. The zero-order valence-electron chi connectivity index (χ0n) is 29.0. The highest BCUT2D eigenvalue weighted by atomic mass is 19.1. The number of carboxylic acids is 2. The Kier molecular flexibility index (Phi) is 16.0. The molecular formula is C39H49FN4O7. The number of carboxylic acid groups (broad SMARTS) is 2. The zero-order chi connectivity index (χ0) is 37.5. The summed E-state index contributed by atoms with van der Waals surface area (Å²) >= 11 is 0. The van der Waals surface area contributed by atoms with Gasteiger partial charge in [0.25, 0.3) is 5.91 Å². The maximum absolute atomic E-state index is 14.0. The molecular weight excluding hydrogens is 655 g/mol. The molecule has 0 unspecified atom stereocenters. The third-order valence-corrected chi connectivity index (χ3v) is 8.22. The number of unbranched alkanes of at least 4 members (excludes halogenated alkanes) is 1. The van der Waals surface area contributed by atoms with Crippen molar-refractivity contribution in [2.24, 2.45) is 11.5 Å². The number of rotatable bonds is 17. The number of halogens is 1. The minimum Gasteiger partial charge on any atom is -0.481 e. The number of carbonyl (C=O) groups excluding carboxylic acids is 1. The molecule has 1 heterocycles. The maximum atomic E-state index is 14.0. The molecule has 1 amide bonds. The molecule has 4 rings (SSSR count). The van der Waals surface area contributed by atoms with E-state index in [4.69, 9.17) is 21.7 Å². The van der Waals surface area contributed by atoms with Gasteiger partial charge < -0.3 is 41.8 Å². The van der Waals surface area contributed by atoms with E-state index < -0.39 is 36.6 Å². The van der Waals surface area contributed by atoms with Crippen LogP contribution in [0.1, 0.15) is 74.3 Å². The lowest BCUT2D eigenvalue weighted by molar-refractivity contribution is -0.140. The Labute approximate surface area is 297 Å². The van der Waals surface area contributed by atoms with E-state index in [2.05, 4.69) is 5.32 Å². The molecule has 0 aliphatic carbocycles. The van der Waals surface area contributed by atoms with Gasteiger partial charge in [0.05, 0.1) is 29.9 Å². The Morgan fingerprint density at radius 2 is 1.43 bits per heavy atom. The predicted octanol–water partition coefficient (Wildman–Crippen LogP) is 5.84. The van der Waals surface area contributed by atoms with Crippen LogP contribution in [-0.4, -0.2) is 67.6 Å². The Bertz CT molecular complexity index is 1700. The number of amides is 1. The van der Waals surface area contributed by atoms with Gasteiger partial charge in [-0.1, -0.05) is 68.8 Å². The number of nitrogens with one attached hydrogen (secondary N) is 1. The second kappa shape index (κ2) is 20.1. The number of hydrogen-bond donors (Lipinski definition) is 7. The van der Waals surface area contributed by atoms with E-state index in [1.165, 1.54) is 12.1 Å². The fraction of sp³-hybridized carbons (Fsp3) is 0.359. The average Bonchev–Trinajstić information content (AvgIpc) is 3.44. The van der Waals surface area contributed by atoms with Crippen LogP contribution in [0.25, 0.3) is 22.4 Å². The topological polar surface area (TPSA) is 201 Å². The number of aliphatic hydroxyl groups is 2. The van der Waals surface area contributed by atoms with E-state index >= 15 is 0 Å². The van der Waals surface area contributed by atoms with Crippen molar-refractivity contribution in [2.75, 3.05) is 11.9 Å². The van der Waals surface area contributed by atoms with Crippen LogP contribution >= 0.6 is 0 Å². The molecule has 51 heavy (non-hydrogen) atoms. The number of benzene rings is 3. The third-order valence-electron chi connectivity index (χ3n) is 8.22. The summed E-state index contributed by atoms with van der Waals surface area (Å²) in [6.45, 7) is 4.86. The number of aromatic nitrogens is 1.